The van der Waals surface area contributed by atoms with Crippen LogP contribution in [0.4, 0.5) is 11.4 Å². The molecule has 1 amide bonds. The topological polar surface area (TPSA) is 41.9 Å². The Morgan fingerprint density at radius 1 is 1.00 bits per heavy atom. The molecule has 150 valence electrons. The van der Waals surface area contributed by atoms with Crippen molar-refractivity contribution in [1.29, 1.82) is 0 Å². The van der Waals surface area contributed by atoms with Gasteiger partial charge in [0.2, 0.25) is 0 Å². The molecule has 3 aromatic rings. The normalized spacial score (nSPS) is 16.5. The molecule has 1 fully saturated rings. The van der Waals surface area contributed by atoms with Gasteiger partial charge in [0.1, 0.15) is 5.75 Å². The van der Waals surface area contributed by atoms with E-state index in [1.54, 1.807) is 12.0 Å². The van der Waals surface area contributed by atoms with Crippen molar-refractivity contribution in [3.63, 3.8) is 0 Å². The molecule has 4 nitrogen and oxygen atoms in total. The van der Waals surface area contributed by atoms with Crippen molar-refractivity contribution in [2.24, 2.45) is 4.99 Å². The summed E-state index contributed by atoms with van der Waals surface area (Å²) in [6.45, 7) is 0. The molecule has 0 bridgehead atoms. The predicted octanol–water partition coefficient (Wildman–Crippen LogP) is 7.03. The number of anilines is 1. The number of para-hydroxylation sites is 2. The summed E-state index contributed by atoms with van der Waals surface area (Å²) in [6, 6.07) is 23.0. The van der Waals surface area contributed by atoms with Crippen LogP contribution in [0.3, 0.4) is 0 Å². The number of ether oxygens (including phenoxy) is 1. The molecule has 7 heteroatoms. The molecular formula is C23H16Br2N2O2S. The number of methoxy groups -OCH3 is 1. The third kappa shape index (κ3) is 4.38. The average molecular weight is 544 g/mol. The molecule has 3 aromatic carbocycles. The molecule has 0 aliphatic carbocycles. The molecule has 0 radical (unpaired) electrons. The van der Waals surface area contributed by atoms with Crippen LogP contribution in [-0.4, -0.2) is 18.2 Å². The molecule has 1 heterocycles. The fraction of sp³-hybridized carbons (Fsp3) is 0.0435. The molecule has 0 unspecified atom stereocenters. The van der Waals surface area contributed by atoms with Crippen LogP contribution in [0, 0.1) is 0 Å². The van der Waals surface area contributed by atoms with Crippen LogP contribution in [0.1, 0.15) is 5.56 Å². The van der Waals surface area contributed by atoms with E-state index in [1.165, 1.54) is 11.8 Å². The molecule has 0 atom stereocenters. The van der Waals surface area contributed by atoms with Crippen molar-refractivity contribution in [1.82, 2.24) is 0 Å². The van der Waals surface area contributed by atoms with E-state index >= 15 is 0 Å². The van der Waals surface area contributed by atoms with Gasteiger partial charge < -0.3 is 4.74 Å². The van der Waals surface area contributed by atoms with Gasteiger partial charge in [-0.3, -0.25) is 9.69 Å². The Kier molecular flexibility index (Phi) is 6.41. The largest absolute Gasteiger partial charge is 0.495 e. The van der Waals surface area contributed by atoms with Gasteiger partial charge in [-0.25, -0.2) is 4.99 Å². The summed E-state index contributed by atoms with van der Waals surface area (Å²) in [7, 11) is 1.61. The van der Waals surface area contributed by atoms with E-state index in [-0.39, 0.29) is 5.91 Å². The van der Waals surface area contributed by atoms with E-state index in [9.17, 15) is 4.79 Å². The first-order chi connectivity index (χ1) is 14.6. The number of rotatable bonds is 4. The lowest BCUT2D eigenvalue weighted by molar-refractivity contribution is -0.113. The Morgan fingerprint density at radius 3 is 2.33 bits per heavy atom. The van der Waals surface area contributed by atoms with Crippen LogP contribution in [0.2, 0.25) is 0 Å². The third-order valence-electron chi connectivity index (χ3n) is 4.33. The second kappa shape index (κ2) is 9.20. The first-order valence-electron chi connectivity index (χ1n) is 9.02. The number of amidine groups is 1. The van der Waals surface area contributed by atoms with Crippen molar-refractivity contribution in [3.8, 4) is 5.75 Å². The maximum atomic E-state index is 13.4. The molecule has 0 spiro atoms. The molecule has 1 saturated heterocycles. The van der Waals surface area contributed by atoms with Crippen molar-refractivity contribution in [3.05, 3.63) is 92.2 Å². The van der Waals surface area contributed by atoms with E-state index in [4.69, 9.17) is 9.73 Å². The lowest BCUT2D eigenvalue weighted by atomic mass is 10.2. The summed E-state index contributed by atoms with van der Waals surface area (Å²) >= 11 is 8.37. The van der Waals surface area contributed by atoms with E-state index in [0.717, 1.165) is 25.9 Å². The predicted molar refractivity (Wildman–Crippen MR) is 131 cm³/mol. The van der Waals surface area contributed by atoms with Crippen LogP contribution in [0.5, 0.6) is 5.75 Å². The standard InChI is InChI=1S/C23H16Br2N2O2S/c1-29-21-15(12-16(24)14-19(21)25)13-20-22(28)27(18-10-6-3-7-11-18)23(30-20)26-17-8-4-2-5-9-17/h2-14H,1H3/b20-13-,26-23?. The summed E-state index contributed by atoms with van der Waals surface area (Å²) in [6.07, 6.45) is 1.84. The van der Waals surface area contributed by atoms with Crippen LogP contribution < -0.4 is 9.64 Å². The Hall–Kier alpha value is -2.35. The number of hydrogen-bond donors (Lipinski definition) is 0. The van der Waals surface area contributed by atoms with Gasteiger partial charge in [-0.2, -0.15) is 0 Å². The van der Waals surface area contributed by atoms with Gasteiger partial charge >= 0.3 is 0 Å². The minimum atomic E-state index is -0.126. The van der Waals surface area contributed by atoms with Crippen molar-refractivity contribution >= 4 is 72.1 Å². The van der Waals surface area contributed by atoms with Crippen LogP contribution in [0.25, 0.3) is 6.08 Å². The molecule has 4 rings (SSSR count). The summed E-state index contributed by atoms with van der Waals surface area (Å²) in [5, 5.41) is 0.608. The second-order valence-corrected chi connectivity index (χ2v) is 9.11. The Labute approximate surface area is 195 Å². The minimum absolute atomic E-state index is 0.126. The zero-order chi connectivity index (χ0) is 21.1. The molecule has 0 aromatic heterocycles. The molecule has 1 aliphatic heterocycles. The van der Waals surface area contributed by atoms with Gasteiger partial charge in [0.25, 0.3) is 5.91 Å². The van der Waals surface area contributed by atoms with Gasteiger partial charge in [0, 0.05) is 10.0 Å². The minimum Gasteiger partial charge on any atom is -0.495 e. The summed E-state index contributed by atoms with van der Waals surface area (Å²) in [5.41, 5.74) is 2.36. The average Bonchev–Trinajstić information content (AvgIpc) is 3.04. The lowest BCUT2D eigenvalue weighted by Gasteiger charge is -2.15. The lowest BCUT2D eigenvalue weighted by Crippen LogP contribution is -2.28. The molecule has 1 aliphatic rings. The molecule has 0 N–H and O–H groups in total. The van der Waals surface area contributed by atoms with Crippen LogP contribution in [0.15, 0.2) is 91.6 Å². The van der Waals surface area contributed by atoms with E-state index in [1.807, 2.05) is 78.9 Å². The molecular weight excluding hydrogens is 528 g/mol. The number of benzene rings is 3. The first kappa shape index (κ1) is 20.9. The monoisotopic (exact) mass is 542 g/mol. The number of carbonyl (C=O) groups is 1. The van der Waals surface area contributed by atoms with Crippen molar-refractivity contribution in [2.45, 2.75) is 0 Å². The van der Waals surface area contributed by atoms with Crippen LogP contribution in [-0.2, 0) is 4.79 Å². The third-order valence-corrected chi connectivity index (χ3v) is 6.35. The Morgan fingerprint density at radius 2 is 1.67 bits per heavy atom. The first-order valence-corrected chi connectivity index (χ1v) is 11.4. The number of halogens is 2. The highest BCUT2D eigenvalue weighted by Gasteiger charge is 2.35. The number of aliphatic imine (C=N–C) groups is 1. The maximum absolute atomic E-state index is 13.4. The van der Waals surface area contributed by atoms with Crippen molar-refractivity contribution < 1.29 is 9.53 Å². The summed E-state index contributed by atoms with van der Waals surface area (Å²) in [4.78, 5) is 20.3. The smallest absolute Gasteiger partial charge is 0.271 e. The molecule has 30 heavy (non-hydrogen) atoms. The highest BCUT2D eigenvalue weighted by atomic mass is 79.9. The van der Waals surface area contributed by atoms with Gasteiger partial charge in [-0.15, -0.1) is 0 Å². The Balaban J connectivity index is 1.81. The number of nitrogens with zero attached hydrogens (tertiary/aromatic N) is 2. The number of carbonyl (C=O) groups excluding carboxylic acids is 1. The van der Waals surface area contributed by atoms with Crippen molar-refractivity contribution in [2.75, 3.05) is 12.0 Å². The molecule has 0 saturated carbocycles. The number of amides is 1. The number of thioether (sulfide) groups is 1. The summed E-state index contributed by atoms with van der Waals surface area (Å²) < 4.78 is 7.22. The van der Waals surface area contributed by atoms with E-state index in [0.29, 0.717) is 15.8 Å². The van der Waals surface area contributed by atoms with Gasteiger partial charge in [0.15, 0.2) is 5.17 Å². The highest BCUT2D eigenvalue weighted by molar-refractivity contribution is 9.11. The van der Waals surface area contributed by atoms with Gasteiger partial charge in [-0.1, -0.05) is 52.3 Å². The fourth-order valence-electron chi connectivity index (χ4n) is 3.01. The SMILES string of the molecule is COc1c(Br)cc(Br)cc1/C=C1\SC(=Nc2ccccc2)N(c2ccccc2)C1=O. The van der Waals surface area contributed by atoms with Gasteiger partial charge in [-0.05, 0) is 70.2 Å². The van der Waals surface area contributed by atoms with Gasteiger partial charge in [0.05, 0.1) is 27.9 Å². The highest BCUT2D eigenvalue weighted by Crippen LogP contribution is 2.40. The summed E-state index contributed by atoms with van der Waals surface area (Å²) in [5.74, 6) is 0.540. The van der Waals surface area contributed by atoms with E-state index < -0.39 is 0 Å². The van der Waals surface area contributed by atoms with Crippen LogP contribution >= 0.6 is 43.6 Å². The second-order valence-electron chi connectivity index (χ2n) is 6.33. The van der Waals surface area contributed by atoms with E-state index in [2.05, 4.69) is 31.9 Å². The number of hydrogen-bond acceptors (Lipinski definition) is 4. The zero-order valence-corrected chi connectivity index (χ0v) is 19.9. The maximum Gasteiger partial charge on any atom is 0.271 e. The quantitative estimate of drug-likeness (QED) is 0.332. The zero-order valence-electron chi connectivity index (χ0n) is 15.9. The Bertz CT molecular complexity index is 1150. The fourth-order valence-corrected chi connectivity index (χ4v) is 5.42.